The summed E-state index contributed by atoms with van der Waals surface area (Å²) in [7, 11) is 0. The minimum absolute atomic E-state index is 0.102. The van der Waals surface area contributed by atoms with E-state index in [2.05, 4.69) is 45.2 Å². The van der Waals surface area contributed by atoms with Crippen LogP contribution in [0.15, 0.2) is 42.5 Å². The van der Waals surface area contributed by atoms with Gasteiger partial charge in [0.1, 0.15) is 5.75 Å². The van der Waals surface area contributed by atoms with Crippen molar-refractivity contribution in [3.05, 3.63) is 48.2 Å². The zero-order valence-corrected chi connectivity index (χ0v) is 16.1. The van der Waals surface area contributed by atoms with E-state index in [1.54, 1.807) is 18.2 Å². The van der Waals surface area contributed by atoms with E-state index in [0.29, 0.717) is 16.9 Å². The zero-order chi connectivity index (χ0) is 19.7. The fourth-order valence-corrected chi connectivity index (χ4v) is 3.64. The molecule has 7 heteroatoms. The van der Waals surface area contributed by atoms with Crippen LogP contribution in [0.3, 0.4) is 0 Å². The number of anilines is 2. The molecule has 2 aromatic carbocycles. The highest BCUT2D eigenvalue weighted by Crippen LogP contribution is 2.24. The fraction of sp³-hybridized carbons (Fsp3) is 0.333. The van der Waals surface area contributed by atoms with E-state index in [1.807, 2.05) is 18.2 Å². The van der Waals surface area contributed by atoms with Crippen LogP contribution in [0, 0.1) is 0 Å². The number of aromatic amines is 1. The maximum Gasteiger partial charge on any atom is 0.276 e. The van der Waals surface area contributed by atoms with Crippen LogP contribution in [0.25, 0.3) is 10.9 Å². The van der Waals surface area contributed by atoms with Gasteiger partial charge in [-0.25, -0.2) is 0 Å². The van der Waals surface area contributed by atoms with Gasteiger partial charge in [0.2, 0.25) is 0 Å². The molecule has 1 saturated heterocycles. The van der Waals surface area contributed by atoms with Crippen LogP contribution in [-0.4, -0.2) is 58.3 Å². The molecule has 0 saturated carbocycles. The number of amides is 1. The van der Waals surface area contributed by atoms with Gasteiger partial charge in [0, 0.05) is 49.0 Å². The Morgan fingerprint density at radius 1 is 1.14 bits per heavy atom. The molecule has 1 aliphatic rings. The molecule has 0 radical (unpaired) electrons. The van der Waals surface area contributed by atoms with Crippen molar-refractivity contribution in [2.45, 2.75) is 19.9 Å². The lowest BCUT2D eigenvalue weighted by Gasteiger charge is -2.38. The number of aromatic hydroxyl groups is 1. The van der Waals surface area contributed by atoms with Crippen LogP contribution in [0.1, 0.15) is 24.3 Å². The van der Waals surface area contributed by atoms with Crippen molar-refractivity contribution in [3.63, 3.8) is 0 Å². The van der Waals surface area contributed by atoms with E-state index in [1.165, 1.54) is 0 Å². The first-order valence-electron chi connectivity index (χ1n) is 9.59. The number of phenolic OH excluding ortho intramolecular Hbond substituents is 1. The largest absolute Gasteiger partial charge is 0.508 e. The number of hydrogen-bond donors (Lipinski definition) is 3. The van der Waals surface area contributed by atoms with Crippen LogP contribution < -0.4 is 10.2 Å². The molecule has 3 aromatic rings. The first kappa shape index (κ1) is 18.3. The predicted octanol–water partition coefficient (Wildman–Crippen LogP) is 3.05. The highest BCUT2D eigenvalue weighted by molar-refractivity contribution is 6.11. The number of rotatable bonds is 4. The van der Waals surface area contributed by atoms with Gasteiger partial charge in [0.15, 0.2) is 5.69 Å². The van der Waals surface area contributed by atoms with Gasteiger partial charge in [-0.15, -0.1) is 0 Å². The van der Waals surface area contributed by atoms with Crippen molar-refractivity contribution in [2.75, 3.05) is 36.4 Å². The number of aromatic nitrogens is 2. The van der Waals surface area contributed by atoms with E-state index in [0.717, 1.165) is 37.6 Å². The molecule has 0 atom stereocenters. The molecular weight excluding hydrogens is 354 g/mol. The SMILES string of the molecule is CC(C)N1CCN(c2cccc(NC(=O)c3n[nH]c4ccc(O)cc34)c2)CC1. The molecule has 2 heterocycles. The average molecular weight is 379 g/mol. The molecule has 4 rings (SSSR count). The molecule has 7 nitrogen and oxygen atoms in total. The normalized spacial score (nSPS) is 15.3. The van der Waals surface area contributed by atoms with E-state index in [-0.39, 0.29) is 17.4 Å². The number of piperazine rings is 1. The Balaban J connectivity index is 1.49. The Labute approximate surface area is 164 Å². The van der Waals surface area contributed by atoms with Crippen LogP contribution in [0.2, 0.25) is 0 Å². The molecule has 1 aliphatic heterocycles. The lowest BCUT2D eigenvalue weighted by Crippen LogP contribution is -2.48. The average Bonchev–Trinajstić information content (AvgIpc) is 3.11. The third kappa shape index (κ3) is 3.66. The van der Waals surface area contributed by atoms with Gasteiger partial charge in [-0.05, 0) is 50.2 Å². The maximum atomic E-state index is 12.7. The molecule has 0 unspecified atom stereocenters. The number of fused-ring (bicyclic) bond motifs is 1. The first-order chi connectivity index (χ1) is 13.5. The lowest BCUT2D eigenvalue weighted by molar-refractivity contribution is 0.102. The quantitative estimate of drug-likeness (QED) is 0.649. The van der Waals surface area contributed by atoms with Gasteiger partial charge in [0.25, 0.3) is 5.91 Å². The lowest BCUT2D eigenvalue weighted by atomic mass is 10.2. The highest BCUT2D eigenvalue weighted by atomic mass is 16.3. The first-order valence-corrected chi connectivity index (χ1v) is 9.59. The summed E-state index contributed by atoms with van der Waals surface area (Å²) in [6, 6.07) is 13.3. The van der Waals surface area contributed by atoms with Crippen molar-refractivity contribution in [1.82, 2.24) is 15.1 Å². The molecule has 0 aliphatic carbocycles. The van der Waals surface area contributed by atoms with Crippen molar-refractivity contribution < 1.29 is 9.90 Å². The predicted molar refractivity (Wildman–Crippen MR) is 111 cm³/mol. The van der Waals surface area contributed by atoms with Crippen LogP contribution in [0.5, 0.6) is 5.75 Å². The molecule has 0 bridgehead atoms. The Morgan fingerprint density at radius 3 is 2.68 bits per heavy atom. The van der Waals surface area contributed by atoms with E-state index in [4.69, 9.17) is 0 Å². The summed E-state index contributed by atoms with van der Waals surface area (Å²) < 4.78 is 0. The summed E-state index contributed by atoms with van der Waals surface area (Å²) in [6.45, 7) is 8.47. The third-order valence-electron chi connectivity index (χ3n) is 5.28. The second-order valence-electron chi connectivity index (χ2n) is 7.42. The van der Waals surface area contributed by atoms with E-state index in [9.17, 15) is 9.90 Å². The summed E-state index contributed by atoms with van der Waals surface area (Å²) in [6.07, 6.45) is 0. The van der Waals surface area contributed by atoms with Crippen molar-refractivity contribution in [1.29, 1.82) is 0 Å². The van der Waals surface area contributed by atoms with Crippen molar-refractivity contribution >= 4 is 28.2 Å². The molecule has 3 N–H and O–H groups in total. The number of phenols is 1. The Hall–Kier alpha value is -3.06. The topological polar surface area (TPSA) is 84.5 Å². The third-order valence-corrected chi connectivity index (χ3v) is 5.28. The van der Waals surface area contributed by atoms with E-state index >= 15 is 0 Å². The summed E-state index contributed by atoms with van der Waals surface area (Å²) in [5.41, 5.74) is 2.80. The van der Waals surface area contributed by atoms with Gasteiger partial charge < -0.3 is 15.3 Å². The molecular formula is C21H25N5O2. The van der Waals surface area contributed by atoms with Crippen molar-refractivity contribution in [3.8, 4) is 5.75 Å². The molecule has 146 valence electrons. The summed E-state index contributed by atoms with van der Waals surface area (Å²) in [5, 5.41) is 20.1. The minimum atomic E-state index is -0.307. The summed E-state index contributed by atoms with van der Waals surface area (Å²) in [4.78, 5) is 17.5. The number of benzene rings is 2. The molecule has 1 aromatic heterocycles. The standard InChI is InChI=1S/C21H25N5O2/c1-14(2)25-8-10-26(11-9-25)16-5-3-4-15(12-16)22-21(28)20-18-13-17(27)6-7-19(18)23-24-20/h3-7,12-14,27H,8-11H2,1-2H3,(H,22,28)(H,23,24). The maximum absolute atomic E-state index is 12.7. The number of H-pyrrole nitrogens is 1. The number of carbonyl (C=O) groups is 1. The van der Waals surface area contributed by atoms with Gasteiger partial charge >= 0.3 is 0 Å². The zero-order valence-electron chi connectivity index (χ0n) is 16.1. The molecule has 1 amide bonds. The number of hydrogen-bond acceptors (Lipinski definition) is 5. The van der Waals surface area contributed by atoms with Gasteiger partial charge in [-0.3, -0.25) is 14.8 Å². The molecule has 1 fully saturated rings. The van der Waals surface area contributed by atoms with Crippen molar-refractivity contribution in [2.24, 2.45) is 0 Å². The van der Waals surface area contributed by atoms with Gasteiger partial charge in [0.05, 0.1) is 5.52 Å². The Kier molecular flexibility index (Phi) is 4.92. The van der Waals surface area contributed by atoms with Gasteiger partial charge in [-0.1, -0.05) is 6.07 Å². The second kappa shape index (κ2) is 7.52. The Bertz CT molecular complexity index is 989. The summed E-state index contributed by atoms with van der Waals surface area (Å²) >= 11 is 0. The molecule has 0 spiro atoms. The molecule has 28 heavy (non-hydrogen) atoms. The summed E-state index contributed by atoms with van der Waals surface area (Å²) in [5.74, 6) is -0.205. The van der Waals surface area contributed by atoms with Gasteiger partial charge in [-0.2, -0.15) is 5.10 Å². The van der Waals surface area contributed by atoms with Crippen LogP contribution >= 0.6 is 0 Å². The smallest absolute Gasteiger partial charge is 0.276 e. The Morgan fingerprint density at radius 2 is 1.93 bits per heavy atom. The van der Waals surface area contributed by atoms with Crippen LogP contribution in [-0.2, 0) is 0 Å². The number of carbonyl (C=O) groups excluding carboxylic acids is 1. The number of nitrogens with one attached hydrogen (secondary N) is 2. The van der Waals surface area contributed by atoms with Crippen LogP contribution in [0.4, 0.5) is 11.4 Å². The monoisotopic (exact) mass is 379 g/mol. The number of nitrogens with zero attached hydrogens (tertiary/aromatic N) is 3. The minimum Gasteiger partial charge on any atom is -0.508 e. The fourth-order valence-electron chi connectivity index (χ4n) is 3.64. The second-order valence-corrected chi connectivity index (χ2v) is 7.42. The highest BCUT2D eigenvalue weighted by Gasteiger charge is 2.20. The van der Waals surface area contributed by atoms with E-state index < -0.39 is 0 Å².